The van der Waals surface area contributed by atoms with Crippen molar-refractivity contribution in [2.75, 3.05) is 0 Å². The predicted octanol–water partition coefficient (Wildman–Crippen LogP) is 4.68. The molecule has 0 saturated carbocycles. The van der Waals surface area contributed by atoms with Gasteiger partial charge in [-0.1, -0.05) is 39.3 Å². The van der Waals surface area contributed by atoms with Gasteiger partial charge in [-0.05, 0) is 30.4 Å². The number of aromatic nitrogens is 1. The molecule has 2 rings (SSSR count). The van der Waals surface area contributed by atoms with Crippen molar-refractivity contribution in [1.82, 2.24) is 4.98 Å². The van der Waals surface area contributed by atoms with Crippen molar-refractivity contribution in [1.29, 1.82) is 0 Å². The average molecular weight is 233 g/mol. The Morgan fingerprint density at radius 1 is 1.31 bits per heavy atom. The summed E-state index contributed by atoms with van der Waals surface area (Å²) >= 11 is 1.79. The average Bonchev–Trinajstić information content (AvgIpc) is 2.56. The molecule has 0 aliphatic carbocycles. The molecule has 0 bridgehead atoms. The molecular formula is C14H19NS. The Kier molecular flexibility index (Phi) is 3.02. The molecule has 0 radical (unpaired) electrons. The Morgan fingerprint density at radius 3 is 2.75 bits per heavy atom. The smallest absolute Gasteiger partial charge is 0.0907 e. The van der Waals surface area contributed by atoms with E-state index in [2.05, 4.69) is 50.9 Å². The monoisotopic (exact) mass is 233 g/mol. The molecule has 1 heterocycles. The van der Waals surface area contributed by atoms with E-state index >= 15 is 0 Å². The largest absolute Gasteiger partial charge is 0.241 e. The van der Waals surface area contributed by atoms with E-state index in [0.29, 0.717) is 0 Å². The molecule has 0 aliphatic heterocycles. The van der Waals surface area contributed by atoms with E-state index in [1.54, 1.807) is 11.3 Å². The van der Waals surface area contributed by atoms with E-state index in [0.717, 1.165) is 5.01 Å². The number of hydrogen-bond donors (Lipinski definition) is 0. The quantitative estimate of drug-likeness (QED) is 0.750. The molecule has 2 aromatic rings. The van der Waals surface area contributed by atoms with Crippen LogP contribution in [-0.2, 0) is 5.41 Å². The van der Waals surface area contributed by atoms with E-state index < -0.39 is 0 Å². The maximum absolute atomic E-state index is 4.68. The summed E-state index contributed by atoms with van der Waals surface area (Å²) < 4.78 is 1.32. The molecule has 16 heavy (non-hydrogen) atoms. The minimum atomic E-state index is 0.231. The van der Waals surface area contributed by atoms with Crippen LogP contribution in [-0.4, -0.2) is 4.98 Å². The fourth-order valence-electron chi connectivity index (χ4n) is 2.37. The van der Waals surface area contributed by atoms with Crippen LogP contribution in [0.5, 0.6) is 0 Å². The molecule has 2 heteroatoms. The lowest BCUT2D eigenvalue weighted by Crippen LogP contribution is -2.17. The topological polar surface area (TPSA) is 12.9 Å². The van der Waals surface area contributed by atoms with Gasteiger partial charge in [0.25, 0.3) is 0 Å². The third-order valence-electron chi connectivity index (χ3n) is 3.13. The number of aryl methyl sites for hydroxylation is 1. The van der Waals surface area contributed by atoms with Crippen LogP contribution in [0.1, 0.15) is 44.2 Å². The molecule has 0 N–H and O–H groups in total. The van der Waals surface area contributed by atoms with Crippen LogP contribution in [0.4, 0.5) is 0 Å². The van der Waals surface area contributed by atoms with Crippen LogP contribution in [0.25, 0.3) is 10.2 Å². The van der Waals surface area contributed by atoms with Crippen molar-refractivity contribution in [2.45, 2.75) is 46.0 Å². The van der Waals surface area contributed by atoms with Crippen molar-refractivity contribution in [3.8, 4) is 0 Å². The molecule has 0 saturated heterocycles. The lowest BCUT2D eigenvalue weighted by atomic mass is 9.80. The molecule has 0 spiro atoms. The van der Waals surface area contributed by atoms with Crippen LogP contribution in [0.15, 0.2) is 18.2 Å². The lowest BCUT2D eigenvalue weighted by molar-refractivity contribution is 0.476. The summed E-state index contributed by atoms with van der Waals surface area (Å²) in [6.45, 7) is 8.97. The molecule has 0 aliphatic rings. The fourth-order valence-corrected chi connectivity index (χ4v) is 3.22. The summed E-state index contributed by atoms with van der Waals surface area (Å²) in [5.74, 6) is 0. The van der Waals surface area contributed by atoms with Gasteiger partial charge >= 0.3 is 0 Å². The fraction of sp³-hybridized carbons (Fsp3) is 0.500. The normalized spacial score (nSPS) is 12.2. The third kappa shape index (κ3) is 1.99. The van der Waals surface area contributed by atoms with Crippen molar-refractivity contribution in [3.63, 3.8) is 0 Å². The van der Waals surface area contributed by atoms with Crippen LogP contribution in [0, 0.1) is 6.92 Å². The zero-order valence-electron chi connectivity index (χ0n) is 10.5. The minimum Gasteiger partial charge on any atom is -0.241 e. The van der Waals surface area contributed by atoms with Crippen LogP contribution in [0.2, 0.25) is 0 Å². The van der Waals surface area contributed by atoms with Crippen molar-refractivity contribution in [2.24, 2.45) is 0 Å². The zero-order chi connectivity index (χ0) is 11.8. The molecule has 0 unspecified atom stereocenters. The first-order valence-electron chi connectivity index (χ1n) is 5.91. The third-order valence-corrected chi connectivity index (χ3v) is 4.07. The Morgan fingerprint density at radius 2 is 2.06 bits per heavy atom. The highest BCUT2D eigenvalue weighted by molar-refractivity contribution is 7.18. The molecular weight excluding hydrogens is 214 g/mol. The molecule has 0 fully saturated rings. The van der Waals surface area contributed by atoms with Gasteiger partial charge in [-0.25, -0.2) is 4.98 Å². The summed E-state index contributed by atoms with van der Waals surface area (Å²) in [5, 5.41) is 1.16. The van der Waals surface area contributed by atoms with Crippen LogP contribution < -0.4 is 0 Å². The number of hydrogen-bond acceptors (Lipinski definition) is 2. The van der Waals surface area contributed by atoms with E-state index in [1.807, 2.05) is 0 Å². The second kappa shape index (κ2) is 4.17. The zero-order valence-corrected chi connectivity index (χ0v) is 11.3. The maximum atomic E-state index is 4.68. The number of para-hydroxylation sites is 1. The number of benzene rings is 1. The molecule has 0 amide bonds. The van der Waals surface area contributed by atoms with Crippen molar-refractivity contribution in [3.05, 3.63) is 28.8 Å². The molecule has 86 valence electrons. The first-order chi connectivity index (χ1) is 7.54. The highest BCUT2D eigenvalue weighted by atomic mass is 32.1. The van der Waals surface area contributed by atoms with Gasteiger partial charge in [0, 0.05) is 0 Å². The first-order valence-corrected chi connectivity index (χ1v) is 6.73. The van der Waals surface area contributed by atoms with E-state index in [1.165, 1.54) is 28.6 Å². The van der Waals surface area contributed by atoms with E-state index in [9.17, 15) is 0 Å². The van der Waals surface area contributed by atoms with Gasteiger partial charge in [-0.2, -0.15) is 0 Å². The predicted molar refractivity (Wildman–Crippen MR) is 72.3 cm³/mol. The number of fused-ring (bicyclic) bond motifs is 1. The number of thiazole rings is 1. The Bertz CT molecular complexity index is 496. The van der Waals surface area contributed by atoms with E-state index in [4.69, 9.17) is 0 Å². The Hall–Kier alpha value is -0.890. The Balaban J connectivity index is 2.59. The maximum Gasteiger partial charge on any atom is 0.0907 e. The molecule has 1 aromatic heterocycles. The summed E-state index contributed by atoms with van der Waals surface area (Å²) in [5.41, 5.74) is 2.84. The summed E-state index contributed by atoms with van der Waals surface area (Å²) in [4.78, 5) is 4.68. The number of rotatable bonds is 3. The molecule has 1 nitrogen and oxygen atoms in total. The van der Waals surface area contributed by atoms with Gasteiger partial charge < -0.3 is 0 Å². The summed E-state index contributed by atoms with van der Waals surface area (Å²) in [7, 11) is 0. The van der Waals surface area contributed by atoms with Gasteiger partial charge in [-0.3, -0.25) is 0 Å². The highest BCUT2D eigenvalue weighted by Crippen LogP contribution is 2.35. The standard InChI is InChI=1S/C14H19NS/c1-5-9-14(3,4)11-7-6-8-12-13(11)15-10(2)16-12/h6-8H,5,9H2,1-4H3. The number of nitrogens with zero attached hydrogens (tertiary/aromatic N) is 1. The van der Waals surface area contributed by atoms with Crippen molar-refractivity contribution >= 4 is 21.6 Å². The second-order valence-electron chi connectivity index (χ2n) is 5.02. The minimum absolute atomic E-state index is 0.231. The van der Waals surface area contributed by atoms with Crippen LogP contribution >= 0.6 is 11.3 Å². The van der Waals surface area contributed by atoms with Gasteiger partial charge in [0.2, 0.25) is 0 Å². The second-order valence-corrected chi connectivity index (χ2v) is 6.25. The SMILES string of the molecule is CCCC(C)(C)c1cccc2sc(C)nc12. The summed E-state index contributed by atoms with van der Waals surface area (Å²) in [6, 6.07) is 6.56. The summed E-state index contributed by atoms with van der Waals surface area (Å²) in [6.07, 6.45) is 2.43. The molecule has 1 aromatic carbocycles. The first kappa shape index (κ1) is 11.6. The van der Waals surface area contributed by atoms with Gasteiger partial charge in [0.1, 0.15) is 0 Å². The highest BCUT2D eigenvalue weighted by Gasteiger charge is 2.22. The Labute approximate surface area is 102 Å². The van der Waals surface area contributed by atoms with E-state index in [-0.39, 0.29) is 5.41 Å². The molecule has 0 atom stereocenters. The van der Waals surface area contributed by atoms with Crippen LogP contribution in [0.3, 0.4) is 0 Å². The van der Waals surface area contributed by atoms with Gasteiger partial charge in [0.05, 0.1) is 15.2 Å². The van der Waals surface area contributed by atoms with Crippen molar-refractivity contribution < 1.29 is 0 Å². The van der Waals surface area contributed by atoms with Gasteiger partial charge in [0.15, 0.2) is 0 Å². The van der Waals surface area contributed by atoms with Gasteiger partial charge in [-0.15, -0.1) is 11.3 Å². The lowest BCUT2D eigenvalue weighted by Gasteiger charge is -2.24.